The maximum Gasteiger partial charge on any atom is 0.412 e. The molecule has 0 aliphatic rings. The van der Waals surface area contributed by atoms with Crippen molar-refractivity contribution < 1.29 is 33.4 Å². The second-order valence-corrected chi connectivity index (χ2v) is 9.40. The Labute approximate surface area is 201 Å². The molecule has 0 saturated heterocycles. The summed E-state index contributed by atoms with van der Waals surface area (Å²) in [5.41, 5.74) is -0.0751. The largest absolute Gasteiger partial charge is 0.464 e. The minimum absolute atomic E-state index is 0.0182. The van der Waals surface area contributed by atoms with Gasteiger partial charge >= 0.3 is 18.0 Å². The highest BCUT2D eigenvalue weighted by Gasteiger charge is 2.21. The van der Waals surface area contributed by atoms with Crippen molar-refractivity contribution in [1.29, 1.82) is 0 Å². The average molecular weight is 508 g/mol. The van der Waals surface area contributed by atoms with Crippen LogP contribution in [0.4, 0.5) is 15.6 Å². The summed E-state index contributed by atoms with van der Waals surface area (Å²) >= 11 is 1.97. The molecular weight excluding hydrogens is 486 g/mol. The van der Waals surface area contributed by atoms with Crippen LogP contribution in [0, 0.1) is 0 Å². The molecule has 34 heavy (non-hydrogen) atoms. The lowest BCUT2D eigenvalue weighted by molar-refractivity contribution is 0.0589. The minimum Gasteiger partial charge on any atom is -0.464 e. The fourth-order valence-electron chi connectivity index (χ4n) is 2.50. The van der Waals surface area contributed by atoms with E-state index < -0.39 is 29.5 Å². The molecule has 180 valence electrons. The number of rotatable bonds is 6. The number of esters is 2. The third kappa shape index (κ3) is 6.39. The van der Waals surface area contributed by atoms with Gasteiger partial charge in [-0.3, -0.25) is 15.4 Å². The molecule has 0 bridgehead atoms. The van der Waals surface area contributed by atoms with Crippen LogP contribution < -0.4 is 15.4 Å². The first kappa shape index (κ1) is 24.9. The lowest BCUT2D eigenvalue weighted by Gasteiger charge is -2.19. The highest BCUT2D eigenvalue weighted by atomic mass is 32.1. The van der Waals surface area contributed by atoms with Gasteiger partial charge in [0.25, 0.3) is 11.1 Å². The summed E-state index contributed by atoms with van der Waals surface area (Å²) < 4.78 is 16.4. The molecule has 0 aliphatic heterocycles. The maximum atomic E-state index is 12.7. The van der Waals surface area contributed by atoms with Gasteiger partial charge in [-0.1, -0.05) is 11.3 Å². The predicted molar refractivity (Wildman–Crippen MR) is 124 cm³/mol. The number of ether oxygens (including phenoxy) is 3. The first-order valence-corrected chi connectivity index (χ1v) is 11.4. The Hall–Kier alpha value is -3.78. The fourth-order valence-corrected chi connectivity index (χ4v) is 3.81. The van der Waals surface area contributed by atoms with E-state index in [2.05, 4.69) is 25.3 Å². The summed E-state index contributed by atoms with van der Waals surface area (Å²) in [6, 6.07) is 1.48. The lowest BCUT2D eigenvalue weighted by Crippen LogP contribution is -2.27. The second-order valence-electron chi connectivity index (χ2n) is 7.72. The Morgan fingerprint density at radius 2 is 1.68 bits per heavy atom. The molecule has 3 heterocycles. The number of aromatic nitrogens is 3. The smallest absolute Gasteiger partial charge is 0.412 e. The molecule has 14 heteroatoms. The van der Waals surface area contributed by atoms with Crippen molar-refractivity contribution in [2.45, 2.75) is 26.4 Å². The van der Waals surface area contributed by atoms with Gasteiger partial charge in [-0.05, 0) is 26.8 Å². The van der Waals surface area contributed by atoms with Crippen LogP contribution in [-0.4, -0.2) is 51.2 Å². The van der Waals surface area contributed by atoms with Crippen LogP contribution in [-0.2, 0) is 16.5 Å². The summed E-state index contributed by atoms with van der Waals surface area (Å²) in [6.07, 6.45) is 0.909. The molecule has 2 N–H and O–H groups in total. The molecular formula is C20H21N5O7S2. The van der Waals surface area contributed by atoms with E-state index in [-0.39, 0.29) is 27.4 Å². The number of nitrogens with one attached hydrogen (secondary N) is 2. The van der Waals surface area contributed by atoms with E-state index >= 15 is 0 Å². The van der Waals surface area contributed by atoms with Crippen LogP contribution in [0.15, 0.2) is 23.0 Å². The van der Waals surface area contributed by atoms with Crippen LogP contribution in [0.5, 0.6) is 5.19 Å². The topological polar surface area (TPSA) is 151 Å². The molecule has 3 aromatic rings. The number of methoxy groups -OCH3 is 1. The van der Waals surface area contributed by atoms with E-state index in [1.807, 2.05) is 0 Å². The molecule has 0 aromatic carbocycles. The number of aryl methyl sites for hydroxylation is 1. The number of amides is 2. The second kappa shape index (κ2) is 10.0. The molecule has 12 nitrogen and oxygen atoms in total. The molecule has 3 rings (SSSR count). The van der Waals surface area contributed by atoms with Gasteiger partial charge in [0.15, 0.2) is 16.5 Å². The molecule has 0 radical (unpaired) electrons. The standard InChI is InChI=1S/C20H21N5O7S2/c1-20(2,3)32-18(29)21-10-6-13(25(4)7-10)14(26)24-17-22-12(8-33-17)16(28)31-19-23-11(9-34-19)15(27)30-5/h6-9H,1-5H3,(H,21,29)(H,22,24,26). The van der Waals surface area contributed by atoms with Crippen LogP contribution in [0.3, 0.4) is 0 Å². The number of carbonyl (C=O) groups excluding carboxylic acids is 4. The summed E-state index contributed by atoms with van der Waals surface area (Å²) in [6.45, 7) is 5.22. The van der Waals surface area contributed by atoms with E-state index in [1.54, 1.807) is 34.0 Å². The van der Waals surface area contributed by atoms with E-state index in [4.69, 9.17) is 9.47 Å². The molecule has 0 saturated carbocycles. The number of nitrogens with zero attached hydrogens (tertiary/aromatic N) is 3. The lowest BCUT2D eigenvalue weighted by atomic mass is 10.2. The molecule has 0 spiro atoms. The zero-order valence-corrected chi connectivity index (χ0v) is 20.5. The van der Waals surface area contributed by atoms with Crippen molar-refractivity contribution >= 4 is 57.4 Å². The van der Waals surface area contributed by atoms with Crippen molar-refractivity contribution in [3.05, 3.63) is 40.1 Å². The predicted octanol–water partition coefficient (Wildman–Crippen LogP) is 3.54. The molecule has 0 aliphatic carbocycles. The number of hydrogen-bond donors (Lipinski definition) is 2. The fraction of sp³-hybridized carbons (Fsp3) is 0.300. The zero-order valence-electron chi connectivity index (χ0n) is 18.8. The van der Waals surface area contributed by atoms with Gasteiger partial charge in [-0.15, -0.1) is 11.3 Å². The molecule has 0 fully saturated rings. The molecule has 0 atom stereocenters. The SMILES string of the molecule is COC(=O)c1csc(OC(=O)c2csc(NC(=O)c3cc(NC(=O)OC(C)(C)C)cn3C)n2)n1. The van der Waals surface area contributed by atoms with Gasteiger partial charge in [-0.25, -0.2) is 19.4 Å². The Morgan fingerprint density at radius 1 is 1.00 bits per heavy atom. The Morgan fingerprint density at radius 3 is 2.35 bits per heavy atom. The summed E-state index contributed by atoms with van der Waals surface area (Å²) in [5, 5.41) is 8.08. The van der Waals surface area contributed by atoms with Crippen molar-refractivity contribution in [3.8, 4) is 5.19 Å². The molecule has 0 unspecified atom stereocenters. The van der Waals surface area contributed by atoms with Crippen molar-refractivity contribution in [2.75, 3.05) is 17.7 Å². The van der Waals surface area contributed by atoms with E-state index in [0.717, 1.165) is 22.7 Å². The van der Waals surface area contributed by atoms with Gasteiger partial charge < -0.3 is 18.8 Å². The Balaban J connectivity index is 1.61. The van der Waals surface area contributed by atoms with Crippen LogP contribution in [0.1, 0.15) is 52.2 Å². The summed E-state index contributed by atoms with van der Waals surface area (Å²) in [5.74, 6) is -1.95. The zero-order chi connectivity index (χ0) is 25.0. The summed E-state index contributed by atoms with van der Waals surface area (Å²) in [4.78, 5) is 56.2. The van der Waals surface area contributed by atoms with E-state index in [0.29, 0.717) is 5.69 Å². The Kier molecular flexibility index (Phi) is 7.32. The Bertz CT molecular complexity index is 1240. The van der Waals surface area contributed by atoms with Crippen LogP contribution >= 0.6 is 22.7 Å². The molecule has 2 amide bonds. The minimum atomic E-state index is -0.801. The average Bonchev–Trinajstić information content (AvgIpc) is 3.46. The van der Waals surface area contributed by atoms with Crippen LogP contribution in [0.2, 0.25) is 0 Å². The van der Waals surface area contributed by atoms with Gasteiger partial charge in [0.05, 0.1) is 12.8 Å². The monoisotopic (exact) mass is 507 g/mol. The van der Waals surface area contributed by atoms with Gasteiger partial charge in [0, 0.05) is 24.0 Å². The third-order valence-electron chi connectivity index (χ3n) is 3.87. The number of carbonyl (C=O) groups is 4. The van der Waals surface area contributed by atoms with Gasteiger partial charge in [-0.2, -0.15) is 4.98 Å². The van der Waals surface area contributed by atoms with Crippen LogP contribution in [0.25, 0.3) is 0 Å². The highest BCUT2D eigenvalue weighted by molar-refractivity contribution is 7.14. The number of anilines is 2. The van der Waals surface area contributed by atoms with Crippen molar-refractivity contribution in [2.24, 2.45) is 7.05 Å². The van der Waals surface area contributed by atoms with Crippen molar-refractivity contribution in [1.82, 2.24) is 14.5 Å². The van der Waals surface area contributed by atoms with Gasteiger partial charge in [0.1, 0.15) is 11.3 Å². The highest BCUT2D eigenvalue weighted by Crippen LogP contribution is 2.23. The normalized spacial score (nSPS) is 11.0. The first-order chi connectivity index (χ1) is 15.9. The quantitative estimate of drug-likeness (QED) is 0.477. The first-order valence-electron chi connectivity index (χ1n) is 9.64. The van der Waals surface area contributed by atoms with Gasteiger partial charge in [0.2, 0.25) is 0 Å². The van der Waals surface area contributed by atoms with Crippen molar-refractivity contribution in [3.63, 3.8) is 0 Å². The molecule has 3 aromatic heterocycles. The number of hydrogen-bond acceptors (Lipinski definition) is 11. The maximum absolute atomic E-state index is 12.7. The van der Waals surface area contributed by atoms with E-state index in [1.165, 1.54) is 28.5 Å². The summed E-state index contributed by atoms with van der Waals surface area (Å²) in [7, 11) is 2.85. The third-order valence-corrected chi connectivity index (χ3v) is 5.35. The van der Waals surface area contributed by atoms with E-state index in [9.17, 15) is 19.2 Å². The number of thiazole rings is 2.